The molecule has 7 N–H and O–H groups in total. The molecule has 0 bridgehead atoms. The number of aryl methyl sites for hydroxylation is 1. The van der Waals surface area contributed by atoms with Crippen LogP contribution >= 0.6 is 0 Å². The summed E-state index contributed by atoms with van der Waals surface area (Å²) in [4.78, 5) is -0.00418. The number of sulfonamides is 1. The molecule has 1 aliphatic heterocycles. The topological polar surface area (TPSA) is 186 Å². The fraction of sp³-hybridized carbons (Fsp3) is 0.806. The maximum Gasteiger partial charge on any atom is 0.241 e. The highest BCUT2D eigenvalue weighted by atomic mass is 32.2. The van der Waals surface area contributed by atoms with Crippen LogP contribution in [0.2, 0.25) is 0 Å². The van der Waals surface area contributed by atoms with Gasteiger partial charge in [-0.15, -0.1) is 0 Å². The lowest BCUT2D eigenvalue weighted by atomic mass is 9.99. The van der Waals surface area contributed by atoms with Crippen molar-refractivity contribution in [3.63, 3.8) is 0 Å². The number of hydrogen-bond donors (Lipinski definition) is 7. The first-order valence-corrected chi connectivity index (χ1v) is 17.4. The smallest absolute Gasteiger partial charge is 0.241 e. The maximum atomic E-state index is 13.2. The van der Waals surface area contributed by atoms with E-state index in [1.807, 2.05) is 0 Å². The summed E-state index contributed by atoms with van der Waals surface area (Å²) in [5.74, 6) is 0. The van der Waals surface area contributed by atoms with Crippen LogP contribution in [0.5, 0.6) is 0 Å². The molecule has 250 valence electrons. The highest BCUT2D eigenvalue weighted by molar-refractivity contribution is 7.89. The number of unbranched alkanes of at least 4 members (excludes halogenated alkanes) is 11. The van der Waals surface area contributed by atoms with E-state index in [1.54, 1.807) is 25.1 Å². The number of aliphatic hydroxyl groups is 6. The van der Waals surface area contributed by atoms with Gasteiger partial charge in [0.25, 0.3) is 0 Å². The minimum absolute atomic E-state index is 0.00418. The molecule has 11 nitrogen and oxygen atoms in total. The number of rotatable bonds is 22. The Labute approximate surface area is 257 Å². The zero-order chi connectivity index (χ0) is 31.8. The van der Waals surface area contributed by atoms with Crippen molar-refractivity contribution < 1.29 is 48.5 Å². The summed E-state index contributed by atoms with van der Waals surface area (Å²) in [6, 6.07) is 4.97. The van der Waals surface area contributed by atoms with Gasteiger partial charge in [-0.1, -0.05) is 102 Å². The number of nitrogens with one attached hydrogen (secondary N) is 1. The van der Waals surface area contributed by atoms with Crippen molar-refractivity contribution in [3.8, 4) is 0 Å². The Morgan fingerprint density at radius 2 is 1.42 bits per heavy atom. The summed E-state index contributed by atoms with van der Waals surface area (Å²) in [6.45, 7) is 2.65. The van der Waals surface area contributed by atoms with E-state index >= 15 is 0 Å². The van der Waals surface area contributed by atoms with Crippen molar-refractivity contribution >= 4 is 10.0 Å². The van der Waals surface area contributed by atoms with Crippen molar-refractivity contribution in [2.24, 2.45) is 0 Å². The standard InChI is InChI=1S/C31H55NO10S/c1-3-4-5-6-7-8-9-10-11-12-13-14-18-24(34)27(35)23(32-43(39,40)26-19-16-15-17-22(26)2)21-41-31-30(38)29(37)28(36)25(20-33)42-31/h15-17,19,23-25,27-38H,3-14,18,20-21H2,1-2H3/t23-,24+,25+,27-,28-,29-,30+,31-/m0/s1. The molecule has 1 saturated heterocycles. The van der Waals surface area contributed by atoms with Gasteiger partial charge in [-0.3, -0.25) is 0 Å². The van der Waals surface area contributed by atoms with Crippen LogP contribution in [0.3, 0.4) is 0 Å². The van der Waals surface area contributed by atoms with E-state index in [9.17, 15) is 39.1 Å². The van der Waals surface area contributed by atoms with Gasteiger partial charge < -0.3 is 40.1 Å². The molecule has 8 atom stereocenters. The molecular weight excluding hydrogens is 578 g/mol. The molecule has 1 aromatic rings. The van der Waals surface area contributed by atoms with E-state index in [4.69, 9.17) is 9.47 Å². The Hall–Kier alpha value is -1.19. The average molecular weight is 634 g/mol. The van der Waals surface area contributed by atoms with Crippen LogP contribution in [0.25, 0.3) is 0 Å². The van der Waals surface area contributed by atoms with Gasteiger partial charge in [0, 0.05) is 0 Å². The molecule has 0 saturated carbocycles. The van der Waals surface area contributed by atoms with Crippen molar-refractivity contribution in [3.05, 3.63) is 29.8 Å². The van der Waals surface area contributed by atoms with Crippen LogP contribution in [-0.4, -0.2) is 101 Å². The summed E-state index contributed by atoms with van der Waals surface area (Å²) >= 11 is 0. The van der Waals surface area contributed by atoms with E-state index < -0.39 is 72.2 Å². The highest BCUT2D eigenvalue weighted by Gasteiger charge is 2.44. The van der Waals surface area contributed by atoms with Gasteiger partial charge in [-0.05, 0) is 25.0 Å². The molecule has 1 aromatic carbocycles. The Kier molecular flexibility index (Phi) is 17.7. The third kappa shape index (κ3) is 12.6. The molecule has 1 heterocycles. The molecule has 1 fully saturated rings. The lowest BCUT2D eigenvalue weighted by molar-refractivity contribution is -0.303. The molecule has 1 aliphatic rings. The second kappa shape index (κ2) is 20.0. The quantitative estimate of drug-likeness (QED) is 0.0934. The zero-order valence-electron chi connectivity index (χ0n) is 25.8. The first-order chi connectivity index (χ1) is 20.5. The summed E-state index contributed by atoms with van der Waals surface area (Å²) in [6.07, 6.45) is 3.53. The van der Waals surface area contributed by atoms with Crippen LogP contribution in [0.4, 0.5) is 0 Å². The predicted molar refractivity (Wildman–Crippen MR) is 163 cm³/mol. The van der Waals surface area contributed by atoms with Crippen LogP contribution in [-0.2, 0) is 19.5 Å². The van der Waals surface area contributed by atoms with Crippen molar-refractivity contribution in [1.29, 1.82) is 0 Å². The molecule has 0 aromatic heterocycles. The van der Waals surface area contributed by atoms with Crippen LogP contribution < -0.4 is 4.72 Å². The zero-order valence-corrected chi connectivity index (χ0v) is 26.6. The van der Waals surface area contributed by atoms with E-state index in [0.717, 1.165) is 19.3 Å². The van der Waals surface area contributed by atoms with Crippen molar-refractivity contribution in [2.75, 3.05) is 13.2 Å². The van der Waals surface area contributed by atoms with E-state index in [1.165, 1.54) is 57.4 Å². The minimum Gasteiger partial charge on any atom is -0.394 e. The van der Waals surface area contributed by atoms with Crippen LogP contribution in [0, 0.1) is 6.92 Å². The predicted octanol–water partition coefficient (Wildman–Crippen LogP) is 2.27. The van der Waals surface area contributed by atoms with E-state index in [0.29, 0.717) is 12.0 Å². The highest BCUT2D eigenvalue weighted by Crippen LogP contribution is 2.23. The SMILES string of the molecule is CCCCCCCCCCCCCC[C@@H](O)[C@@H](O)[C@H](CO[C@H]1O[C@H](CO)[C@H](O)[C@H](O)[C@H]1O)NS(=O)(=O)c1ccccc1C. The Morgan fingerprint density at radius 3 is 1.98 bits per heavy atom. The van der Waals surface area contributed by atoms with Crippen LogP contribution in [0.15, 0.2) is 29.2 Å². The largest absolute Gasteiger partial charge is 0.394 e. The minimum atomic E-state index is -4.15. The lowest BCUT2D eigenvalue weighted by Gasteiger charge is -2.40. The molecule has 43 heavy (non-hydrogen) atoms. The number of hydrogen-bond acceptors (Lipinski definition) is 10. The molecule has 12 heteroatoms. The van der Waals surface area contributed by atoms with Gasteiger partial charge >= 0.3 is 0 Å². The monoisotopic (exact) mass is 633 g/mol. The van der Waals surface area contributed by atoms with Gasteiger partial charge in [-0.25, -0.2) is 13.1 Å². The second-order valence-corrected chi connectivity index (χ2v) is 13.4. The van der Waals surface area contributed by atoms with Crippen molar-refractivity contribution in [1.82, 2.24) is 4.72 Å². The fourth-order valence-corrected chi connectivity index (χ4v) is 6.84. The van der Waals surface area contributed by atoms with Gasteiger partial charge in [0.2, 0.25) is 10.0 Å². The molecular formula is C31H55NO10S. The summed E-state index contributed by atoms with van der Waals surface area (Å²) in [5, 5.41) is 61.7. The summed E-state index contributed by atoms with van der Waals surface area (Å²) in [5.41, 5.74) is 0.482. The molecule has 0 amide bonds. The molecule has 2 rings (SSSR count). The number of aliphatic hydroxyl groups excluding tert-OH is 6. The average Bonchev–Trinajstić information content (AvgIpc) is 2.99. The van der Waals surface area contributed by atoms with Gasteiger partial charge in [0.1, 0.15) is 24.4 Å². The molecule has 0 radical (unpaired) electrons. The Morgan fingerprint density at radius 1 is 0.860 bits per heavy atom. The molecule has 0 aliphatic carbocycles. The van der Waals surface area contributed by atoms with Gasteiger partial charge in [-0.2, -0.15) is 0 Å². The maximum absolute atomic E-state index is 13.2. The first-order valence-electron chi connectivity index (χ1n) is 15.9. The summed E-state index contributed by atoms with van der Waals surface area (Å²) in [7, 11) is -4.15. The number of ether oxygens (including phenoxy) is 2. The third-order valence-electron chi connectivity index (χ3n) is 8.14. The lowest BCUT2D eigenvalue weighted by Crippen LogP contribution is -2.60. The fourth-order valence-electron chi connectivity index (χ4n) is 5.36. The molecule has 0 unspecified atom stereocenters. The molecule has 0 spiro atoms. The van der Waals surface area contributed by atoms with Gasteiger partial charge in [0.15, 0.2) is 6.29 Å². The van der Waals surface area contributed by atoms with E-state index in [2.05, 4.69) is 11.6 Å². The van der Waals surface area contributed by atoms with E-state index in [-0.39, 0.29) is 11.3 Å². The number of benzene rings is 1. The Balaban J connectivity index is 1.93. The second-order valence-electron chi connectivity index (χ2n) is 11.8. The summed E-state index contributed by atoms with van der Waals surface area (Å²) < 4.78 is 39.8. The van der Waals surface area contributed by atoms with Gasteiger partial charge in [0.05, 0.1) is 36.4 Å². The Bertz CT molecular complexity index is 995. The normalized spacial score (nSPS) is 25.0. The first kappa shape index (κ1) is 38.0. The third-order valence-corrected chi connectivity index (χ3v) is 9.79. The van der Waals surface area contributed by atoms with Crippen LogP contribution in [0.1, 0.15) is 96.0 Å². The van der Waals surface area contributed by atoms with Crippen molar-refractivity contribution in [2.45, 2.75) is 151 Å².